The van der Waals surface area contributed by atoms with Crippen LogP contribution in [-0.4, -0.2) is 23.4 Å². The third-order valence-electron chi connectivity index (χ3n) is 3.84. The van der Waals surface area contributed by atoms with Gasteiger partial charge in [0.25, 0.3) is 0 Å². The second-order valence-corrected chi connectivity index (χ2v) is 4.99. The highest BCUT2D eigenvalue weighted by Gasteiger charge is 2.30. The van der Waals surface area contributed by atoms with Gasteiger partial charge in [-0.1, -0.05) is 12.8 Å². The molecule has 0 bridgehead atoms. The molecule has 1 aliphatic rings. The molecule has 4 nitrogen and oxygen atoms in total. The highest BCUT2D eigenvalue weighted by Crippen LogP contribution is 2.36. The average Bonchev–Trinajstić information content (AvgIpc) is 2.91. The van der Waals surface area contributed by atoms with Crippen LogP contribution in [0.25, 0.3) is 0 Å². The Morgan fingerprint density at radius 1 is 1.32 bits per heavy atom. The first-order chi connectivity index (χ1) is 8.63. The van der Waals surface area contributed by atoms with Crippen molar-refractivity contribution < 1.29 is 14.9 Å². The summed E-state index contributed by atoms with van der Waals surface area (Å²) in [6, 6.07) is 4.35. The molecule has 0 aliphatic heterocycles. The van der Waals surface area contributed by atoms with Crippen LogP contribution in [0.4, 0.5) is 0 Å². The lowest BCUT2D eigenvalue weighted by Crippen LogP contribution is -2.32. The molecule has 19 heavy (non-hydrogen) atoms. The van der Waals surface area contributed by atoms with E-state index in [1.807, 2.05) is 0 Å². The highest BCUT2D eigenvalue weighted by molar-refractivity contribution is 5.85. The number of ether oxygens (including phenoxy) is 1. The number of aliphatic hydroxyl groups excluding tert-OH is 1. The molecule has 5 heteroatoms. The number of methoxy groups -OCH3 is 1. The molecular weight excluding hydrogens is 266 g/mol. The fourth-order valence-electron chi connectivity index (χ4n) is 2.70. The number of halogens is 1. The molecule has 2 rings (SSSR count). The van der Waals surface area contributed by atoms with Gasteiger partial charge in [-0.2, -0.15) is 0 Å². The molecule has 4 N–H and O–H groups in total. The quantitative estimate of drug-likeness (QED) is 0.795. The molecule has 1 fully saturated rings. The molecule has 108 valence electrons. The van der Waals surface area contributed by atoms with Gasteiger partial charge >= 0.3 is 0 Å². The van der Waals surface area contributed by atoms with Gasteiger partial charge in [-0.05, 0) is 37.0 Å². The number of phenols is 1. The molecule has 0 unspecified atom stereocenters. The van der Waals surface area contributed by atoms with Crippen molar-refractivity contribution >= 4 is 12.4 Å². The molecule has 0 aromatic heterocycles. The van der Waals surface area contributed by atoms with Crippen LogP contribution in [0.3, 0.4) is 0 Å². The van der Waals surface area contributed by atoms with Gasteiger partial charge in [0.1, 0.15) is 11.5 Å². The van der Waals surface area contributed by atoms with Crippen molar-refractivity contribution in [2.45, 2.75) is 37.8 Å². The zero-order valence-corrected chi connectivity index (χ0v) is 11.9. The Kier molecular flexibility index (Phi) is 5.91. The summed E-state index contributed by atoms with van der Waals surface area (Å²) in [6.07, 6.45) is 3.72. The minimum atomic E-state index is -0.606. The van der Waals surface area contributed by atoms with Crippen molar-refractivity contribution in [3.63, 3.8) is 0 Å². The molecule has 0 saturated heterocycles. The molecule has 0 heterocycles. The van der Waals surface area contributed by atoms with Gasteiger partial charge in [-0.3, -0.25) is 0 Å². The summed E-state index contributed by atoms with van der Waals surface area (Å²) in [5.41, 5.74) is 6.63. The smallest absolute Gasteiger partial charge is 0.120 e. The van der Waals surface area contributed by atoms with Gasteiger partial charge in [0.05, 0.1) is 19.3 Å². The summed E-state index contributed by atoms with van der Waals surface area (Å²) < 4.78 is 5.12. The van der Waals surface area contributed by atoms with E-state index in [-0.39, 0.29) is 24.1 Å². The number of rotatable bonds is 4. The van der Waals surface area contributed by atoms with Gasteiger partial charge in [0.15, 0.2) is 0 Å². The summed E-state index contributed by atoms with van der Waals surface area (Å²) >= 11 is 0. The van der Waals surface area contributed by atoms with Crippen molar-refractivity contribution in [3.05, 3.63) is 23.8 Å². The number of nitrogens with two attached hydrogens (primary N) is 1. The first-order valence-corrected chi connectivity index (χ1v) is 6.44. The number of hydrogen-bond acceptors (Lipinski definition) is 4. The Hall–Kier alpha value is -0.970. The van der Waals surface area contributed by atoms with E-state index in [0.717, 1.165) is 25.7 Å². The van der Waals surface area contributed by atoms with E-state index in [1.54, 1.807) is 25.3 Å². The maximum absolute atomic E-state index is 10.3. The predicted molar refractivity (Wildman–Crippen MR) is 76.8 cm³/mol. The van der Waals surface area contributed by atoms with Gasteiger partial charge in [0, 0.05) is 5.56 Å². The number of hydrogen-bond donors (Lipinski definition) is 3. The summed E-state index contributed by atoms with van der Waals surface area (Å²) in [5.74, 6) is 0.989. The van der Waals surface area contributed by atoms with Crippen LogP contribution >= 0.6 is 12.4 Å². The van der Waals surface area contributed by atoms with E-state index >= 15 is 0 Å². The molecule has 0 amide bonds. The monoisotopic (exact) mass is 287 g/mol. The van der Waals surface area contributed by atoms with Crippen LogP contribution in [0.2, 0.25) is 0 Å². The Bertz CT molecular complexity index is 408. The van der Waals surface area contributed by atoms with E-state index < -0.39 is 12.1 Å². The summed E-state index contributed by atoms with van der Waals surface area (Å²) in [6.45, 7) is 0. The lowest BCUT2D eigenvalue weighted by atomic mass is 9.90. The Labute approximate surface area is 120 Å². The van der Waals surface area contributed by atoms with E-state index in [1.165, 1.54) is 0 Å². The van der Waals surface area contributed by atoms with Crippen LogP contribution < -0.4 is 10.5 Å². The SMILES string of the molecule is COc1ccc(O)c([C@@H](N)[C@@H](O)C2CCCC2)c1.Cl. The predicted octanol–water partition coefficient (Wildman–Crippen LogP) is 2.37. The van der Waals surface area contributed by atoms with Crippen molar-refractivity contribution in [2.75, 3.05) is 7.11 Å². The fraction of sp³-hybridized carbons (Fsp3) is 0.571. The summed E-state index contributed by atoms with van der Waals surface area (Å²) in [4.78, 5) is 0. The number of benzene rings is 1. The fourth-order valence-corrected chi connectivity index (χ4v) is 2.70. The summed E-state index contributed by atoms with van der Waals surface area (Å²) in [5, 5.41) is 20.1. The molecule has 1 aromatic carbocycles. The van der Waals surface area contributed by atoms with Crippen molar-refractivity contribution in [1.29, 1.82) is 0 Å². The molecular formula is C14H22ClNO3. The zero-order valence-electron chi connectivity index (χ0n) is 11.1. The van der Waals surface area contributed by atoms with E-state index in [0.29, 0.717) is 11.3 Å². The number of aliphatic hydroxyl groups is 1. The topological polar surface area (TPSA) is 75.7 Å². The largest absolute Gasteiger partial charge is 0.508 e. The highest BCUT2D eigenvalue weighted by atomic mass is 35.5. The van der Waals surface area contributed by atoms with E-state index in [2.05, 4.69) is 0 Å². The minimum Gasteiger partial charge on any atom is -0.508 e. The Balaban J connectivity index is 0.00000180. The molecule has 0 spiro atoms. The van der Waals surface area contributed by atoms with Crippen LogP contribution in [0.5, 0.6) is 11.5 Å². The van der Waals surface area contributed by atoms with Crippen LogP contribution in [0.1, 0.15) is 37.3 Å². The van der Waals surface area contributed by atoms with Crippen LogP contribution in [0, 0.1) is 5.92 Å². The van der Waals surface area contributed by atoms with Gasteiger partial charge in [0.2, 0.25) is 0 Å². The van der Waals surface area contributed by atoms with Crippen molar-refractivity contribution in [1.82, 2.24) is 0 Å². The Morgan fingerprint density at radius 3 is 2.53 bits per heavy atom. The van der Waals surface area contributed by atoms with Gasteiger partial charge in [-0.25, -0.2) is 0 Å². The minimum absolute atomic E-state index is 0. The maximum atomic E-state index is 10.3. The second-order valence-electron chi connectivity index (χ2n) is 4.99. The van der Waals surface area contributed by atoms with Gasteiger partial charge < -0.3 is 20.7 Å². The van der Waals surface area contributed by atoms with Crippen molar-refractivity contribution in [3.8, 4) is 11.5 Å². The maximum Gasteiger partial charge on any atom is 0.120 e. The second kappa shape index (κ2) is 6.98. The number of phenolic OH excluding ortho intramolecular Hbond substituents is 1. The van der Waals surface area contributed by atoms with Gasteiger partial charge in [-0.15, -0.1) is 12.4 Å². The van der Waals surface area contributed by atoms with E-state index in [4.69, 9.17) is 10.5 Å². The third-order valence-corrected chi connectivity index (χ3v) is 3.84. The lowest BCUT2D eigenvalue weighted by Gasteiger charge is -2.25. The normalized spacial score (nSPS) is 18.7. The molecule has 1 aromatic rings. The average molecular weight is 288 g/mol. The standard InChI is InChI=1S/C14H21NO3.ClH/c1-18-10-6-7-12(16)11(8-10)13(15)14(17)9-4-2-3-5-9;/h6-9,13-14,16-17H,2-5,15H2,1H3;1H/t13-,14+;/m1./s1. The Morgan fingerprint density at radius 2 is 1.95 bits per heavy atom. The molecule has 1 aliphatic carbocycles. The van der Waals surface area contributed by atoms with Crippen molar-refractivity contribution in [2.24, 2.45) is 11.7 Å². The van der Waals surface area contributed by atoms with Crippen LogP contribution in [-0.2, 0) is 0 Å². The number of aromatic hydroxyl groups is 1. The first-order valence-electron chi connectivity index (χ1n) is 6.44. The molecule has 2 atom stereocenters. The summed E-state index contributed by atoms with van der Waals surface area (Å²) in [7, 11) is 1.56. The zero-order chi connectivity index (χ0) is 13.1. The first kappa shape index (κ1) is 16.1. The lowest BCUT2D eigenvalue weighted by molar-refractivity contribution is 0.0835. The molecule has 1 saturated carbocycles. The van der Waals surface area contributed by atoms with Crippen LogP contribution in [0.15, 0.2) is 18.2 Å². The molecule has 0 radical (unpaired) electrons. The van der Waals surface area contributed by atoms with E-state index in [9.17, 15) is 10.2 Å². The third kappa shape index (κ3) is 3.53.